The van der Waals surface area contributed by atoms with Crippen LogP contribution in [0.5, 0.6) is 0 Å². The molecular weight excluding hydrogens is 300 g/mol. The van der Waals surface area contributed by atoms with Crippen molar-refractivity contribution in [3.8, 4) is 0 Å². The van der Waals surface area contributed by atoms with Crippen molar-refractivity contribution in [3.63, 3.8) is 0 Å². The van der Waals surface area contributed by atoms with Crippen molar-refractivity contribution >= 4 is 5.91 Å². The first-order valence-corrected chi connectivity index (χ1v) is 10.2. The summed E-state index contributed by atoms with van der Waals surface area (Å²) in [6.07, 6.45) is 11.5. The minimum Gasteiger partial charge on any atom is -0.393 e. The molecule has 1 heterocycles. The van der Waals surface area contributed by atoms with Crippen molar-refractivity contribution < 1.29 is 9.90 Å². The third-order valence-electron chi connectivity index (χ3n) is 7.41. The Labute approximate surface area is 146 Å². The zero-order chi connectivity index (χ0) is 16.7. The summed E-state index contributed by atoms with van der Waals surface area (Å²) < 4.78 is 0. The van der Waals surface area contributed by atoms with Crippen LogP contribution in [0.25, 0.3) is 0 Å². The van der Waals surface area contributed by atoms with Crippen LogP contribution in [0.4, 0.5) is 0 Å². The van der Waals surface area contributed by atoms with Crippen molar-refractivity contribution in [3.05, 3.63) is 0 Å². The van der Waals surface area contributed by atoms with E-state index in [0.29, 0.717) is 12.0 Å². The van der Waals surface area contributed by atoms with Crippen molar-refractivity contribution in [2.24, 2.45) is 23.2 Å². The summed E-state index contributed by atoms with van der Waals surface area (Å²) >= 11 is 0. The third kappa shape index (κ3) is 3.50. The molecule has 4 aliphatic carbocycles. The van der Waals surface area contributed by atoms with E-state index in [1.807, 2.05) is 4.90 Å². The van der Waals surface area contributed by atoms with Crippen LogP contribution in [-0.2, 0) is 4.79 Å². The highest BCUT2D eigenvalue weighted by molar-refractivity contribution is 5.78. The summed E-state index contributed by atoms with van der Waals surface area (Å²) in [4.78, 5) is 16.6. The standard InChI is InChI=1S/C20H34N2O2/c1-21(14-19(24)22-5-2-18(23)3-6-22)7-4-20-11-15-8-16(12-20)10-17(9-15)13-20/h15-18,23H,2-14H2,1H3. The molecule has 0 aromatic heterocycles. The molecule has 0 aromatic carbocycles. The van der Waals surface area contributed by atoms with E-state index in [1.165, 1.54) is 44.9 Å². The van der Waals surface area contributed by atoms with Gasteiger partial charge in [-0.3, -0.25) is 9.69 Å². The molecule has 5 fully saturated rings. The maximum absolute atomic E-state index is 12.4. The number of likely N-dealkylation sites (N-methyl/N-ethyl adjacent to an activating group) is 1. The number of nitrogens with zero attached hydrogens (tertiary/aromatic N) is 2. The number of amides is 1. The zero-order valence-electron chi connectivity index (χ0n) is 15.3. The SMILES string of the molecule is CN(CCC12CC3CC(CC(C3)C1)C2)CC(=O)N1CCC(O)CC1. The molecule has 0 radical (unpaired) electrons. The average Bonchev–Trinajstić information content (AvgIpc) is 2.52. The largest absolute Gasteiger partial charge is 0.393 e. The molecule has 5 rings (SSSR count). The number of aliphatic hydroxyl groups excluding tert-OH is 1. The van der Waals surface area contributed by atoms with Gasteiger partial charge in [0.05, 0.1) is 12.6 Å². The number of carbonyl (C=O) groups excluding carboxylic acids is 1. The molecule has 4 heteroatoms. The van der Waals surface area contributed by atoms with Crippen LogP contribution in [0.15, 0.2) is 0 Å². The van der Waals surface area contributed by atoms with Gasteiger partial charge in [-0.2, -0.15) is 0 Å². The lowest BCUT2D eigenvalue weighted by molar-refractivity contribution is -0.134. The molecule has 4 bridgehead atoms. The van der Waals surface area contributed by atoms with E-state index >= 15 is 0 Å². The van der Waals surface area contributed by atoms with Gasteiger partial charge in [0.1, 0.15) is 0 Å². The first kappa shape index (κ1) is 16.8. The maximum Gasteiger partial charge on any atom is 0.236 e. The molecule has 1 aliphatic heterocycles. The fourth-order valence-electron chi connectivity index (χ4n) is 6.55. The Morgan fingerprint density at radius 2 is 1.62 bits per heavy atom. The number of hydrogen-bond acceptors (Lipinski definition) is 3. The van der Waals surface area contributed by atoms with E-state index in [-0.39, 0.29) is 12.0 Å². The van der Waals surface area contributed by atoms with Crippen LogP contribution in [0.2, 0.25) is 0 Å². The summed E-state index contributed by atoms with van der Waals surface area (Å²) in [7, 11) is 2.11. The molecule has 4 saturated carbocycles. The number of aliphatic hydroxyl groups is 1. The lowest BCUT2D eigenvalue weighted by atomic mass is 9.49. The highest BCUT2D eigenvalue weighted by atomic mass is 16.3. The quantitative estimate of drug-likeness (QED) is 0.840. The fourth-order valence-corrected chi connectivity index (χ4v) is 6.55. The number of hydrogen-bond donors (Lipinski definition) is 1. The molecule has 0 aromatic rings. The van der Waals surface area contributed by atoms with E-state index in [1.54, 1.807) is 0 Å². The van der Waals surface area contributed by atoms with Crippen LogP contribution < -0.4 is 0 Å². The topological polar surface area (TPSA) is 43.8 Å². The molecule has 136 valence electrons. The van der Waals surface area contributed by atoms with Crippen LogP contribution >= 0.6 is 0 Å². The highest BCUT2D eigenvalue weighted by Gasteiger charge is 2.50. The molecule has 24 heavy (non-hydrogen) atoms. The Morgan fingerprint density at radius 1 is 1.08 bits per heavy atom. The van der Waals surface area contributed by atoms with Gasteiger partial charge < -0.3 is 10.0 Å². The van der Waals surface area contributed by atoms with Crippen LogP contribution in [-0.4, -0.2) is 60.1 Å². The smallest absolute Gasteiger partial charge is 0.236 e. The van der Waals surface area contributed by atoms with Crippen LogP contribution in [0.3, 0.4) is 0 Å². The minimum atomic E-state index is -0.206. The van der Waals surface area contributed by atoms with Crippen molar-refractivity contribution in [2.75, 3.05) is 33.2 Å². The summed E-state index contributed by atoms with van der Waals surface area (Å²) in [5.74, 6) is 3.30. The summed E-state index contributed by atoms with van der Waals surface area (Å²) in [6.45, 7) is 3.06. The lowest BCUT2D eigenvalue weighted by Crippen LogP contribution is -2.48. The van der Waals surface area contributed by atoms with Gasteiger partial charge in [-0.1, -0.05) is 0 Å². The lowest BCUT2D eigenvalue weighted by Gasteiger charge is -2.57. The second-order valence-electron chi connectivity index (χ2n) is 9.52. The van der Waals surface area contributed by atoms with Crippen molar-refractivity contribution in [1.82, 2.24) is 9.80 Å². The van der Waals surface area contributed by atoms with Gasteiger partial charge in [0.2, 0.25) is 5.91 Å². The Morgan fingerprint density at radius 3 is 2.17 bits per heavy atom. The first-order chi connectivity index (χ1) is 11.5. The molecular formula is C20H34N2O2. The Kier molecular flexibility index (Phi) is 4.63. The predicted octanol–water partition coefficient (Wildman–Crippen LogP) is 2.51. The number of carbonyl (C=O) groups is 1. The fraction of sp³-hybridized carbons (Fsp3) is 0.950. The molecule has 1 saturated heterocycles. The molecule has 0 atom stereocenters. The average molecular weight is 335 g/mol. The van der Waals surface area contributed by atoms with Gasteiger partial charge >= 0.3 is 0 Å². The van der Waals surface area contributed by atoms with E-state index in [9.17, 15) is 9.90 Å². The predicted molar refractivity (Wildman–Crippen MR) is 94.5 cm³/mol. The Hall–Kier alpha value is -0.610. The summed E-state index contributed by atoms with van der Waals surface area (Å²) in [6, 6.07) is 0. The molecule has 5 aliphatic rings. The van der Waals surface area contributed by atoms with Crippen LogP contribution in [0.1, 0.15) is 57.8 Å². The molecule has 1 N–H and O–H groups in total. The number of likely N-dealkylation sites (tertiary alicyclic amines) is 1. The molecule has 4 nitrogen and oxygen atoms in total. The highest BCUT2D eigenvalue weighted by Crippen LogP contribution is 2.61. The second kappa shape index (κ2) is 6.60. The van der Waals surface area contributed by atoms with Gasteiger partial charge in [-0.25, -0.2) is 0 Å². The molecule has 0 unspecified atom stereocenters. The van der Waals surface area contributed by atoms with Gasteiger partial charge in [0.25, 0.3) is 0 Å². The summed E-state index contributed by atoms with van der Waals surface area (Å²) in [5.41, 5.74) is 0.612. The first-order valence-electron chi connectivity index (χ1n) is 10.2. The monoisotopic (exact) mass is 334 g/mol. The molecule has 0 spiro atoms. The van der Waals surface area contributed by atoms with E-state index in [4.69, 9.17) is 0 Å². The van der Waals surface area contributed by atoms with Crippen LogP contribution in [0, 0.1) is 23.2 Å². The van der Waals surface area contributed by atoms with E-state index < -0.39 is 0 Å². The van der Waals surface area contributed by atoms with Gasteiger partial charge in [0.15, 0.2) is 0 Å². The number of rotatable bonds is 5. The summed E-state index contributed by atoms with van der Waals surface area (Å²) in [5, 5.41) is 9.58. The maximum atomic E-state index is 12.4. The van der Waals surface area contributed by atoms with Gasteiger partial charge in [-0.15, -0.1) is 0 Å². The van der Waals surface area contributed by atoms with Crippen molar-refractivity contribution in [1.29, 1.82) is 0 Å². The van der Waals surface area contributed by atoms with Gasteiger partial charge in [-0.05, 0) is 94.5 Å². The zero-order valence-corrected chi connectivity index (χ0v) is 15.3. The molecule has 1 amide bonds. The Bertz CT molecular complexity index is 435. The minimum absolute atomic E-state index is 0.206. The van der Waals surface area contributed by atoms with E-state index in [0.717, 1.165) is 50.2 Å². The normalized spacial score (nSPS) is 39.0. The van der Waals surface area contributed by atoms with Gasteiger partial charge in [0, 0.05) is 13.1 Å². The third-order valence-corrected chi connectivity index (χ3v) is 7.41. The second-order valence-corrected chi connectivity index (χ2v) is 9.52. The number of piperidine rings is 1. The Balaban J connectivity index is 1.25. The van der Waals surface area contributed by atoms with Crippen molar-refractivity contribution in [2.45, 2.75) is 63.9 Å². The van der Waals surface area contributed by atoms with E-state index in [2.05, 4.69) is 11.9 Å².